The third kappa shape index (κ3) is 9.85. The van der Waals surface area contributed by atoms with Crippen LogP contribution in [0.5, 0.6) is 0 Å². The summed E-state index contributed by atoms with van der Waals surface area (Å²) in [6.45, 7) is 7.16. The fraction of sp³-hybridized carbons (Fsp3) is 0.500. The Hall–Kier alpha value is -2.27. The van der Waals surface area contributed by atoms with Crippen molar-refractivity contribution in [1.82, 2.24) is 0 Å². The molecule has 0 spiro atoms. The number of rotatable bonds is 13. The molecule has 0 bridgehead atoms. The van der Waals surface area contributed by atoms with Crippen LogP contribution >= 0.6 is 0 Å². The summed E-state index contributed by atoms with van der Waals surface area (Å²) in [6, 6.07) is 7.41. The summed E-state index contributed by atoms with van der Waals surface area (Å²) in [5.41, 5.74) is 3.18. The predicted octanol–water partition coefficient (Wildman–Crippen LogP) is 5.66. The van der Waals surface area contributed by atoms with E-state index in [-0.39, 0.29) is 12.0 Å². The second-order valence-corrected chi connectivity index (χ2v) is 6.29. The van der Waals surface area contributed by atoms with Crippen molar-refractivity contribution in [2.45, 2.75) is 59.1 Å². The van der Waals surface area contributed by atoms with Crippen molar-refractivity contribution >= 4 is 5.97 Å². The Labute approximate surface area is 162 Å². The molecule has 0 N–H and O–H groups in total. The molecule has 1 unspecified atom stereocenters. The minimum atomic E-state index is -0.324. The van der Waals surface area contributed by atoms with Crippen molar-refractivity contribution in [1.29, 1.82) is 0 Å². The topological polar surface area (TPSA) is 65.0 Å². The third-order valence-electron chi connectivity index (χ3n) is 4.05. The van der Waals surface area contributed by atoms with Crippen LogP contribution in [0.25, 0.3) is 0 Å². The Morgan fingerprint density at radius 1 is 1.19 bits per heavy atom. The Bertz CT molecular complexity index is 620. The summed E-state index contributed by atoms with van der Waals surface area (Å²) in [5, 5.41) is 3.03. The number of nitroso groups, excluding NO2 is 1. The van der Waals surface area contributed by atoms with Crippen LogP contribution < -0.4 is 0 Å². The molecule has 0 amide bonds. The van der Waals surface area contributed by atoms with Gasteiger partial charge in [-0.2, -0.15) is 4.91 Å². The molecule has 0 saturated carbocycles. The second-order valence-electron chi connectivity index (χ2n) is 6.29. The lowest BCUT2D eigenvalue weighted by molar-refractivity contribution is -0.143. The van der Waals surface area contributed by atoms with Gasteiger partial charge < -0.3 is 9.47 Å². The molecule has 0 aromatic heterocycles. The molecule has 5 nitrogen and oxygen atoms in total. The normalized spacial score (nSPS) is 12.9. The van der Waals surface area contributed by atoms with E-state index in [4.69, 9.17) is 9.47 Å². The average Bonchev–Trinajstić information content (AvgIpc) is 2.67. The number of carbonyl (C=O) groups is 1. The van der Waals surface area contributed by atoms with E-state index in [1.165, 1.54) is 5.57 Å². The van der Waals surface area contributed by atoms with E-state index in [1.54, 1.807) is 6.92 Å². The molecule has 0 radical (unpaired) electrons. The number of hydrogen-bond donors (Lipinski definition) is 0. The molecule has 1 aromatic rings. The van der Waals surface area contributed by atoms with Crippen LogP contribution in [-0.4, -0.2) is 19.2 Å². The van der Waals surface area contributed by atoms with Crippen LogP contribution in [0.15, 0.2) is 53.2 Å². The minimum absolute atomic E-state index is 0.134. The van der Waals surface area contributed by atoms with Gasteiger partial charge >= 0.3 is 5.97 Å². The van der Waals surface area contributed by atoms with Crippen molar-refractivity contribution in [3.05, 3.63) is 64.1 Å². The number of benzene rings is 1. The quantitative estimate of drug-likeness (QED) is 0.194. The monoisotopic (exact) mass is 373 g/mol. The van der Waals surface area contributed by atoms with Crippen LogP contribution in [0.1, 0.15) is 63.6 Å². The molecule has 1 rings (SSSR count). The molecule has 0 saturated heterocycles. The van der Waals surface area contributed by atoms with Crippen molar-refractivity contribution in [2.75, 3.05) is 13.2 Å². The van der Waals surface area contributed by atoms with E-state index in [9.17, 15) is 9.70 Å². The lowest BCUT2D eigenvalue weighted by Gasteiger charge is -2.06. The van der Waals surface area contributed by atoms with Crippen LogP contribution in [-0.2, 0) is 20.9 Å². The highest BCUT2D eigenvalue weighted by Crippen LogP contribution is 2.17. The number of allylic oxidation sites excluding steroid dienone is 3. The SMILES string of the molecule is CC/C=C(\C=C/COCc1ccc(C(C)N=O)cc1)CCCC(=O)OCC. The average molecular weight is 373 g/mol. The summed E-state index contributed by atoms with van der Waals surface area (Å²) < 4.78 is 10.6. The van der Waals surface area contributed by atoms with E-state index in [0.717, 1.165) is 30.4 Å². The maximum atomic E-state index is 11.4. The van der Waals surface area contributed by atoms with Gasteiger partial charge in [0.2, 0.25) is 0 Å². The summed E-state index contributed by atoms with van der Waals surface area (Å²) in [7, 11) is 0. The third-order valence-corrected chi connectivity index (χ3v) is 4.05. The highest BCUT2D eigenvalue weighted by Gasteiger charge is 2.04. The predicted molar refractivity (Wildman–Crippen MR) is 108 cm³/mol. The Kier molecular flexibility index (Phi) is 11.7. The Balaban J connectivity index is 2.34. The fourth-order valence-corrected chi connectivity index (χ4v) is 2.58. The first-order chi connectivity index (χ1) is 13.1. The summed E-state index contributed by atoms with van der Waals surface area (Å²) in [4.78, 5) is 21.9. The zero-order valence-electron chi connectivity index (χ0n) is 16.6. The molecule has 5 heteroatoms. The zero-order chi connectivity index (χ0) is 19.9. The maximum Gasteiger partial charge on any atom is 0.305 e. The van der Waals surface area contributed by atoms with Gasteiger partial charge in [0.1, 0.15) is 6.04 Å². The van der Waals surface area contributed by atoms with E-state index in [0.29, 0.717) is 26.2 Å². The standard InChI is InChI=1S/C22H31NO4/c1-4-8-19(9-6-11-22(24)27-5-2)10-7-16-26-17-20-12-14-21(15-13-20)18(3)23-25/h7-8,10,12-15,18H,4-6,9,11,16-17H2,1-3H3/b10-7-,19-8-. The highest BCUT2D eigenvalue weighted by molar-refractivity contribution is 5.69. The molecule has 0 aliphatic heterocycles. The fourth-order valence-electron chi connectivity index (χ4n) is 2.58. The van der Waals surface area contributed by atoms with Gasteiger partial charge in [-0.05, 0) is 44.2 Å². The number of nitrogens with zero attached hydrogens (tertiary/aromatic N) is 1. The first-order valence-corrected chi connectivity index (χ1v) is 9.60. The summed E-state index contributed by atoms with van der Waals surface area (Å²) >= 11 is 0. The van der Waals surface area contributed by atoms with E-state index < -0.39 is 0 Å². The van der Waals surface area contributed by atoms with Crippen molar-refractivity contribution in [2.24, 2.45) is 5.18 Å². The molecule has 148 valence electrons. The molecular weight excluding hydrogens is 342 g/mol. The van der Waals surface area contributed by atoms with Gasteiger partial charge in [-0.1, -0.05) is 60.2 Å². The van der Waals surface area contributed by atoms with E-state index >= 15 is 0 Å². The minimum Gasteiger partial charge on any atom is -0.466 e. The van der Waals surface area contributed by atoms with Crippen LogP contribution in [0, 0.1) is 4.91 Å². The number of hydrogen-bond acceptors (Lipinski definition) is 5. The largest absolute Gasteiger partial charge is 0.466 e. The van der Waals surface area contributed by atoms with E-state index in [1.807, 2.05) is 37.3 Å². The smallest absolute Gasteiger partial charge is 0.305 e. The van der Waals surface area contributed by atoms with Gasteiger partial charge in [-0.15, -0.1) is 0 Å². The molecule has 0 aliphatic carbocycles. The lowest BCUT2D eigenvalue weighted by Crippen LogP contribution is -2.03. The molecule has 1 atom stereocenters. The van der Waals surface area contributed by atoms with Gasteiger partial charge in [-0.3, -0.25) is 4.79 Å². The highest BCUT2D eigenvalue weighted by atomic mass is 16.5. The molecular formula is C22H31NO4. The van der Waals surface area contributed by atoms with Gasteiger partial charge in [0.05, 0.1) is 19.8 Å². The summed E-state index contributed by atoms with van der Waals surface area (Å²) in [5.74, 6) is -0.134. The van der Waals surface area contributed by atoms with Gasteiger partial charge in [0, 0.05) is 6.42 Å². The van der Waals surface area contributed by atoms with E-state index in [2.05, 4.69) is 24.3 Å². The molecule has 0 fully saturated rings. The number of ether oxygens (including phenoxy) is 2. The van der Waals surface area contributed by atoms with Gasteiger partial charge in [0.25, 0.3) is 0 Å². The maximum absolute atomic E-state index is 11.4. The van der Waals surface area contributed by atoms with Crippen LogP contribution in [0.3, 0.4) is 0 Å². The van der Waals surface area contributed by atoms with Gasteiger partial charge in [-0.25, -0.2) is 0 Å². The molecule has 27 heavy (non-hydrogen) atoms. The Morgan fingerprint density at radius 3 is 2.56 bits per heavy atom. The summed E-state index contributed by atoms with van der Waals surface area (Å²) in [6.07, 6.45) is 9.29. The first kappa shape index (κ1) is 22.8. The lowest BCUT2D eigenvalue weighted by atomic mass is 10.1. The molecule has 0 aliphatic rings. The van der Waals surface area contributed by atoms with Crippen molar-refractivity contribution in [3.63, 3.8) is 0 Å². The van der Waals surface area contributed by atoms with Crippen molar-refractivity contribution < 1.29 is 14.3 Å². The number of esters is 1. The van der Waals surface area contributed by atoms with Crippen LogP contribution in [0.4, 0.5) is 0 Å². The first-order valence-electron chi connectivity index (χ1n) is 9.60. The Morgan fingerprint density at radius 2 is 1.93 bits per heavy atom. The second kappa shape index (κ2) is 13.9. The van der Waals surface area contributed by atoms with Crippen molar-refractivity contribution in [3.8, 4) is 0 Å². The number of carbonyl (C=O) groups excluding carboxylic acids is 1. The van der Waals surface area contributed by atoms with Gasteiger partial charge in [0.15, 0.2) is 0 Å². The molecule has 1 aromatic carbocycles. The van der Waals surface area contributed by atoms with Crippen LogP contribution in [0.2, 0.25) is 0 Å². The zero-order valence-corrected chi connectivity index (χ0v) is 16.6. The molecule has 0 heterocycles.